The van der Waals surface area contributed by atoms with Gasteiger partial charge in [0.05, 0.1) is 18.8 Å². The van der Waals surface area contributed by atoms with Crippen LogP contribution >= 0.6 is 0 Å². The summed E-state index contributed by atoms with van der Waals surface area (Å²) < 4.78 is 0. The lowest BCUT2D eigenvalue weighted by molar-refractivity contribution is -0.123. The number of hydrogen-bond acceptors (Lipinski definition) is 3. The van der Waals surface area contributed by atoms with Crippen molar-refractivity contribution in [3.8, 4) is 0 Å². The van der Waals surface area contributed by atoms with Crippen LogP contribution in [-0.2, 0) is 4.79 Å². The SMILES string of the molecule is CC/C=C\C/C=C\C/C=C\C/C=C\C/C=C\C/C=C\C/C=C\C/C=C\C/C=C\CCCCCCCCCCCCCC(=O)NC(CO)C(O)CCCCCCCCCCCCCCCCCCCCCCCCCCCCCCCCCC. The van der Waals surface area contributed by atoms with Crippen molar-refractivity contribution >= 4 is 5.91 Å². The summed E-state index contributed by atoms with van der Waals surface area (Å²) in [5.41, 5.74) is 0. The highest BCUT2D eigenvalue weighted by molar-refractivity contribution is 5.76. The Morgan fingerprint density at radius 1 is 0.301 bits per heavy atom. The number of unbranched alkanes of at least 4 members (excludes halogenated alkanes) is 42. The molecule has 0 aliphatic heterocycles. The zero-order chi connectivity index (χ0) is 59.8. The molecule has 83 heavy (non-hydrogen) atoms. The average molecular weight is 1150 g/mol. The molecule has 0 aromatic carbocycles. The number of amides is 1. The van der Waals surface area contributed by atoms with Gasteiger partial charge in [0.1, 0.15) is 0 Å². The van der Waals surface area contributed by atoms with Crippen LogP contribution in [0.15, 0.2) is 109 Å². The van der Waals surface area contributed by atoms with Gasteiger partial charge < -0.3 is 15.5 Å². The molecule has 0 heterocycles. The fraction of sp³-hybridized carbons (Fsp3) is 0.759. The molecule has 0 aliphatic carbocycles. The predicted octanol–water partition coefficient (Wildman–Crippen LogP) is 25.3. The summed E-state index contributed by atoms with van der Waals surface area (Å²) >= 11 is 0. The fourth-order valence-corrected chi connectivity index (χ4v) is 11.1. The number of hydrogen-bond donors (Lipinski definition) is 3. The van der Waals surface area contributed by atoms with Crippen LogP contribution in [0, 0.1) is 0 Å². The minimum Gasteiger partial charge on any atom is -0.394 e. The summed E-state index contributed by atoms with van der Waals surface area (Å²) in [5, 5.41) is 23.5. The van der Waals surface area contributed by atoms with Gasteiger partial charge in [-0.25, -0.2) is 0 Å². The van der Waals surface area contributed by atoms with Gasteiger partial charge in [-0.1, -0.05) is 386 Å². The van der Waals surface area contributed by atoms with Crippen LogP contribution in [0.2, 0.25) is 0 Å². The predicted molar refractivity (Wildman–Crippen MR) is 373 cm³/mol. The molecular formula is C79H141NO3. The number of aliphatic hydroxyl groups is 2. The topological polar surface area (TPSA) is 69.6 Å². The molecule has 0 aliphatic rings. The number of rotatable bonds is 67. The quantitative estimate of drug-likeness (QED) is 0.0420. The number of carbonyl (C=O) groups is 1. The Morgan fingerprint density at radius 3 is 0.795 bits per heavy atom. The first kappa shape index (κ1) is 80.0. The molecule has 4 heteroatoms. The van der Waals surface area contributed by atoms with Gasteiger partial charge in [-0.15, -0.1) is 0 Å². The van der Waals surface area contributed by atoms with E-state index in [4.69, 9.17) is 0 Å². The molecule has 0 spiro atoms. The van der Waals surface area contributed by atoms with Gasteiger partial charge in [0, 0.05) is 6.42 Å². The van der Waals surface area contributed by atoms with Crippen LogP contribution in [-0.4, -0.2) is 34.9 Å². The van der Waals surface area contributed by atoms with Gasteiger partial charge in [-0.2, -0.15) is 0 Å². The molecule has 0 radical (unpaired) electrons. The Hall–Kier alpha value is -2.95. The van der Waals surface area contributed by atoms with Crippen molar-refractivity contribution in [3.63, 3.8) is 0 Å². The molecule has 0 rings (SSSR count). The monoisotopic (exact) mass is 1150 g/mol. The van der Waals surface area contributed by atoms with Crippen LogP contribution < -0.4 is 5.32 Å². The fourth-order valence-electron chi connectivity index (χ4n) is 11.1. The van der Waals surface area contributed by atoms with Gasteiger partial charge in [0.2, 0.25) is 5.91 Å². The standard InChI is InChI=1S/C79H141NO3/c1-3-5-7-9-11-13-15-17-19-21-23-25-27-29-31-33-35-37-38-39-40-41-42-43-45-47-49-51-53-55-57-59-61-63-65-67-69-71-73-75-79(83)80-77(76-81)78(82)74-72-70-68-66-64-62-60-58-56-54-52-50-48-46-44-36-34-32-30-28-26-24-22-20-18-16-14-12-10-8-6-4-2/h5,7,11,13,17,19,23,25,29,31,35,37,39-40,42-43,47,49,77-78,81-82H,3-4,6,8-10,12,14-16,18,20-22,24,26-28,30,32-34,36,38,41,44-46,48,50-76H2,1-2H3,(H,80,83)/b7-5-,13-11-,19-17-,25-23-,31-29-,37-35-,40-39-,43-42-,49-47-. The maximum absolute atomic E-state index is 12.6. The van der Waals surface area contributed by atoms with E-state index in [-0.39, 0.29) is 12.5 Å². The Bertz CT molecular complexity index is 1540. The lowest BCUT2D eigenvalue weighted by atomic mass is 10.0. The molecular weight excluding hydrogens is 1010 g/mol. The summed E-state index contributed by atoms with van der Waals surface area (Å²) in [5.74, 6) is -0.0335. The van der Waals surface area contributed by atoms with Crippen LogP contribution in [0.5, 0.6) is 0 Å². The summed E-state index contributed by atoms with van der Waals surface area (Å²) in [4.78, 5) is 12.6. The molecule has 2 atom stereocenters. The van der Waals surface area contributed by atoms with E-state index in [1.54, 1.807) is 0 Å². The second-order valence-electron chi connectivity index (χ2n) is 24.6. The van der Waals surface area contributed by atoms with Gasteiger partial charge in [0.15, 0.2) is 0 Å². The van der Waals surface area contributed by atoms with Crippen molar-refractivity contribution in [1.29, 1.82) is 0 Å². The minimum absolute atomic E-state index is 0.0335. The van der Waals surface area contributed by atoms with Crippen molar-refractivity contribution in [2.75, 3.05) is 6.61 Å². The van der Waals surface area contributed by atoms with E-state index in [1.807, 2.05) is 0 Å². The van der Waals surface area contributed by atoms with Crippen molar-refractivity contribution in [2.24, 2.45) is 0 Å². The summed E-state index contributed by atoms with van der Waals surface area (Å²) in [6.07, 6.45) is 110. The molecule has 4 nitrogen and oxygen atoms in total. The van der Waals surface area contributed by atoms with E-state index in [2.05, 4.69) is 129 Å². The van der Waals surface area contributed by atoms with Gasteiger partial charge in [0.25, 0.3) is 0 Å². The summed E-state index contributed by atoms with van der Waals surface area (Å²) in [7, 11) is 0. The van der Waals surface area contributed by atoms with E-state index in [1.165, 1.54) is 257 Å². The largest absolute Gasteiger partial charge is 0.394 e. The Morgan fingerprint density at radius 2 is 0.530 bits per heavy atom. The molecule has 2 unspecified atom stereocenters. The minimum atomic E-state index is -0.669. The third-order valence-electron chi connectivity index (χ3n) is 16.5. The van der Waals surface area contributed by atoms with E-state index < -0.39 is 12.1 Å². The smallest absolute Gasteiger partial charge is 0.220 e. The lowest BCUT2D eigenvalue weighted by Gasteiger charge is -2.22. The first-order valence-corrected chi connectivity index (χ1v) is 36.6. The molecule has 1 amide bonds. The van der Waals surface area contributed by atoms with E-state index >= 15 is 0 Å². The highest BCUT2D eigenvalue weighted by Crippen LogP contribution is 2.19. The second kappa shape index (κ2) is 73.3. The van der Waals surface area contributed by atoms with Crippen LogP contribution in [0.3, 0.4) is 0 Å². The molecule has 3 N–H and O–H groups in total. The van der Waals surface area contributed by atoms with E-state index in [0.29, 0.717) is 12.8 Å². The van der Waals surface area contributed by atoms with Crippen molar-refractivity contribution in [3.05, 3.63) is 109 Å². The first-order chi connectivity index (χ1) is 41.2. The summed E-state index contributed by atoms with van der Waals surface area (Å²) in [6, 6.07) is -0.547. The Labute approximate surface area is 518 Å². The third kappa shape index (κ3) is 69.7. The van der Waals surface area contributed by atoms with Crippen LogP contribution in [0.1, 0.15) is 367 Å². The zero-order valence-corrected chi connectivity index (χ0v) is 55.4. The number of allylic oxidation sites excluding steroid dienone is 18. The van der Waals surface area contributed by atoms with Crippen LogP contribution in [0.25, 0.3) is 0 Å². The molecule has 0 aromatic rings. The summed E-state index contributed by atoms with van der Waals surface area (Å²) in [6.45, 7) is 4.27. The van der Waals surface area contributed by atoms with E-state index in [9.17, 15) is 15.0 Å². The molecule has 0 fully saturated rings. The van der Waals surface area contributed by atoms with Crippen LogP contribution in [0.4, 0.5) is 0 Å². The molecule has 0 saturated heterocycles. The average Bonchev–Trinajstić information content (AvgIpc) is 3.51. The Balaban J connectivity index is 3.49. The van der Waals surface area contributed by atoms with Gasteiger partial charge >= 0.3 is 0 Å². The van der Waals surface area contributed by atoms with Gasteiger partial charge in [-0.05, 0) is 83.5 Å². The highest BCUT2D eigenvalue weighted by atomic mass is 16.3. The number of nitrogens with one attached hydrogen (secondary N) is 1. The second-order valence-corrected chi connectivity index (χ2v) is 24.6. The van der Waals surface area contributed by atoms with Crippen molar-refractivity contribution in [2.45, 2.75) is 379 Å². The maximum Gasteiger partial charge on any atom is 0.220 e. The Kier molecular flexibility index (Phi) is 70.7. The molecule has 0 bridgehead atoms. The van der Waals surface area contributed by atoms with Gasteiger partial charge in [-0.3, -0.25) is 4.79 Å². The molecule has 0 saturated carbocycles. The van der Waals surface area contributed by atoms with Crippen molar-refractivity contribution < 1.29 is 15.0 Å². The maximum atomic E-state index is 12.6. The van der Waals surface area contributed by atoms with E-state index in [0.717, 1.165) is 83.5 Å². The lowest BCUT2D eigenvalue weighted by Crippen LogP contribution is -2.45. The normalized spacial score (nSPS) is 13.3. The van der Waals surface area contributed by atoms with Crippen molar-refractivity contribution in [1.82, 2.24) is 5.32 Å². The third-order valence-corrected chi connectivity index (χ3v) is 16.5. The zero-order valence-electron chi connectivity index (χ0n) is 55.4. The first-order valence-electron chi connectivity index (χ1n) is 36.6. The molecule has 0 aromatic heterocycles. The number of aliphatic hydroxyl groups excluding tert-OH is 2. The highest BCUT2D eigenvalue weighted by Gasteiger charge is 2.20. The molecule has 480 valence electrons. The number of carbonyl (C=O) groups excluding carboxylic acids is 1.